The van der Waals surface area contributed by atoms with Crippen molar-refractivity contribution < 1.29 is 9.59 Å². The smallest absolute Gasteiger partial charge is 0.234 e. The fraction of sp³-hybridized carbons (Fsp3) is 0.333. The van der Waals surface area contributed by atoms with E-state index in [4.69, 9.17) is 0 Å². The Hall–Kier alpha value is -2.62. The van der Waals surface area contributed by atoms with Gasteiger partial charge in [-0.1, -0.05) is 30.3 Å². The van der Waals surface area contributed by atoms with Crippen LogP contribution in [0.4, 0.5) is 11.4 Å². The van der Waals surface area contributed by atoms with Crippen LogP contribution in [0.15, 0.2) is 42.5 Å². The molecule has 2 aliphatic heterocycles. The van der Waals surface area contributed by atoms with Gasteiger partial charge in [0.25, 0.3) is 0 Å². The summed E-state index contributed by atoms with van der Waals surface area (Å²) in [4.78, 5) is 26.6. The van der Waals surface area contributed by atoms with Crippen LogP contribution in [0.5, 0.6) is 0 Å². The highest BCUT2D eigenvalue weighted by atomic mass is 16.2. The van der Waals surface area contributed by atoms with Gasteiger partial charge in [0.05, 0.1) is 11.6 Å². The van der Waals surface area contributed by atoms with Gasteiger partial charge < -0.3 is 10.2 Å². The minimum atomic E-state index is -0.118. The fourth-order valence-corrected chi connectivity index (χ4v) is 3.89. The van der Waals surface area contributed by atoms with Crippen LogP contribution >= 0.6 is 0 Å². The van der Waals surface area contributed by atoms with Crippen LogP contribution in [-0.4, -0.2) is 18.4 Å². The number of carbonyl (C=O) groups excluding carboxylic acids is 2. The zero-order valence-electron chi connectivity index (χ0n) is 14.4. The summed E-state index contributed by atoms with van der Waals surface area (Å²) in [5.74, 6) is 0.0807. The molecule has 4 rings (SSSR count). The SMILES string of the molecule is C[C@H]1C(=O)N2CCCc3cc(NC(=O)CCc4ccccc4)cc1c32. The number of hydrogen-bond acceptors (Lipinski definition) is 2. The molecule has 1 N–H and O–H groups in total. The van der Waals surface area contributed by atoms with Gasteiger partial charge in [0.15, 0.2) is 0 Å². The molecule has 2 aliphatic rings. The van der Waals surface area contributed by atoms with Crippen LogP contribution in [0.25, 0.3) is 0 Å². The second-order valence-electron chi connectivity index (χ2n) is 6.92. The molecule has 0 aliphatic carbocycles. The largest absolute Gasteiger partial charge is 0.326 e. The molecule has 0 unspecified atom stereocenters. The summed E-state index contributed by atoms with van der Waals surface area (Å²) in [5, 5.41) is 3.02. The van der Waals surface area contributed by atoms with Crippen LogP contribution in [0, 0.1) is 0 Å². The number of rotatable bonds is 4. The van der Waals surface area contributed by atoms with Gasteiger partial charge in [0.2, 0.25) is 11.8 Å². The Bertz CT molecular complexity index is 829. The number of hydrogen-bond donors (Lipinski definition) is 1. The van der Waals surface area contributed by atoms with Crippen molar-refractivity contribution in [1.29, 1.82) is 0 Å². The van der Waals surface area contributed by atoms with E-state index in [0.717, 1.165) is 48.3 Å². The van der Waals surface area contributed by atoms with Gasteiger partial charge in [-0.15, -0.1) is 0 Å². The van der Waals surface area contributed by atoms with E-state index in [-0.39, 0.29) is 17.7 Å². The first-order valence-corrected chi connectivity index (χ1v) is 8.95. The molecule has 1 atom stereocenters. The minimum absolute atomic E-state index is 0.0145. The van der Waals surface area contributed by atoms with Crippen LogP contribution in [0.3, 0.4) is 0 Å². The molecule has 128 valence electrons. The molecule has 0 aromatic heterocycles. The summed E-state index contributed by atoms with van der Waals surface area (Å²) in [5.41, 5.74) is 5.30. The van der Waals surface area contributed by atoms with E-state index in [1.165, 1.54) is 5.56 Å². The van der Waals surface area contributed by atoms with Crippen LogP contribution in [-0.2, 0) is 22.4 Å². The molecule has 2 aromatic rings. The van der Waals surface area contributed by atoms with E-state index in [9.17, 15) is 9.59 Å². The molecule has 0 bridgehead atoms. The number of carbonyl (C=O) groups is 2. The lowest BCUT2D eigenvalue weighted by atomic mass is 9.96. The number of aryl methyl sites for hydroxylation is 2. The molecule has 2 heterocycles. The highest BCUT2D eigenvalue weighted by Gasteiger charge is 2.37. The average molecular weight is 334 g/mol. The number of nitrogens with zero attached hydrogens (tertiary/aromatic N) is 1. The van der Waals surface area contributed by atoms with E-state index < -0.39 is 0 Å². The minimum Gasteiger partial charge on any atom is -0.326 e. The number of anilines is 2. The molecule has 0 spiro atoms. The van der Waals surface area contributed by atoms with Crippen LogP contribution in [0.1, 0.15) is 42.4 Å². The lowest BCUT2D eigenvalue weighted by Crippen LogP contribution is -2.32. The number of amides is 2. The van der Waals surface area contributed by atoms with Gasteiger partial charge in [0.1, 0.15) is 0 Å². The third-order valence-corrected chi connectivity index (χ3v) is 5.19. The predicted molar refractivity (Wildman–Crippen MR) is 98.9 cm³/mol. The first-order valence-electron chi connectivity index (χ1n) is 8.95. The summed E-state index contributed by atoms with van der Waals surface area (Å²) in [6.07, 6.45) is 3.13. The molecule has 0 fully saturated rings. The fourth-order valence-electron chi connectivity index (χ4n) is 3.89. The van der Waals surface area contributed by atoms with E-state index in [2.05, 4.69) is 5.32 Å². The molecule has 4 heteroatoms. The van der Waals surface area contributed by atoms with Crippen LogP contribution < -0.4 is 10.2 Å². The maximum Gasteiger partial charge on any atom is 0.234 e. The maximum atomic E-state index is 12.4. The van der Waals surface area contributed by atoms with Gasteiger partial charge in [-0.3, -0.25) is 9.59 Å². The topological polar surface area (TPSA) is 49.4 Å². The highest BCUT2D eigenvalue weighted by molar-refractivity contribution is 6.06. The van der Waals surface area contributed by atoms with Gasteiger partial charge in [-0.2, -0.15) is 0 Å². The average Bonchev–Trinajstić information content (AvgIpc) is 2.88. The van der Waals surface area contributed by atoms with Gasteiger partial charge >= 0.3 is 0 Å². The molecular weight excluding hydrogens is 312 g/mol. The predicted octanol–water partition coefficient (Wildman–Crippen LogP) is 3.65. The first kappa shape index (κ1) is 15.9. The third kappa shape index (κ3) is 2.93. The first-order chi connectivity index (χ1) is 12.1. The Balaban J connectivity index is 1.50. The highest BCUT2D eigenvalue weighted by Crippen LogP contribution is 2.44. The van der Waals surface area contributed by atoms with Crippen molar-refractivity contribution in [1.82, 2.24) is 0 Å². The third-order valence-electron chi connectivity index (χ3n) is 5.19. The summed E-state index contributed by atoms with van der Waals surface area (Å²) < 4.78 is 0. The molecule has 4 nitrogen and oxygen atoms in total. The Labute approximate surface area is 147 Å². The van der Waals surface area contributed by atoms with Crippen molar-refractivity contribution >= 4 is 23.2 Å². The van der Waals surface area contributed by atoms with Crippen molar-refractivity contribution in [3.05, 3.63) is 59.2 Å². The summed E-state index contributed by atoms with van der Waals surface area (Å²) >= 11 is 0. The van der Waals surface area contributed by atoms with Crippen molar-refractivity contribution in [2.24, 2.45) is 0 Å². The molecule has 2 amide bonds. The normalized spacial score (nSPS) is 18.2. The zero-order valence-corrected chi connectivity index (χ0v) is 14.4. The van der Waals surface area contributed by atoms with Gasteiger partial charge in [-0.25, -0.2) is 0 Å². The van der Waals surface area contributed by atoms with E-state index in [1.807, 2.05) is 54.3 Å². The number of benzene rings is 2. The second-order valence-corrected chi connectivity index (χ2v) is 6.92. The molecular formula is C21H22N2O2. The maximum absolute atomic E-state index is 12.4. The Morgan fingerprint density at radius 1 is 1.24 bits per heavy atom. The van der Waals surface area contributed by atoms with E-state index in [1.54, 1.807) is 0 Å². The quantitative estimate of drug-likeness (QED) is 0.928. The molecule has 0 saturated carbocycles. The zero-order chi connectivity index (χ0) is 17.4. The molecule has 0 saturated heterocycles. The lowest BCUT2D eigenvalue weighted by molar-refractivity contribution is -0.119. The summed E-state index contributed by atoms with van der Waals surface area (Å²) in [7, 11) is 0. The molecule has 2 aromatic carbocycles. The summed E-state index contributed by atoms with van der Waals surface area (Å²) in [6.45, 7) is 2.77. The Kier molecular flexibility index (Phi) is 4.04. The lowest BCUT2D eigenvalue weighted by Gasteiger charge is -2.26. The van der Waals surface area contributed by atoms with E-state index in [0.29, 0.717) is 6.42 Å². The summed E-state index contributed by atoms with van der Waals surface area (Å²) in [6, 6.07) is 14.0. The monoisotopic (exact) mass is 334 g/mol. The van der Waals surface area contributed by atoms with Crippen LogP contribution in [0.2, 0.25) is 0 Å². The van der Waals surface area contributed by atoms with Gasteiger partial charge in [-0.05, 0) is 55.0 Å². The second kappa shape index (κ2) is 6.36. The molecule has 0 radical (unpaired) electrons. The van der Waals surface area contributed by atoms with Crippen molar-refractivity contribution in [3.63, 3.8) is 0 Å². The Morgan fingerprint density at radius 2 is 2.04 bits per heavy atom. The van der Waals surface area contributed by atoms with Crippen molar-refractivity contribution in [2.75, 3.05) is 16.8 Å². The Morgan fingerprint density at radius 3 is 2.84 bits per heavy atom. The number of nitrogens with one attached hydrogen (secondary N) is 1. The standard InChI is InChI=1S/C21H22N2O2/c1-14-18-13-17(12-16-8-5-11-23(20(16)18)21(14)25)22-19(24)10-9-15-6-3-2-4-7-15/h2-4,6-7,12-14H,5,8-11H2,1H3,(H,22,24)/t14-/m1/s1. The van der Waals surface area contributed by atoms with Crippen molar-refractivity contribution in [3.8, 4) is 0 Å². The molecule has 25 heavy (non-hydrogen) atoms. The van der Waals surface area contributed by atoms with Crippen molar-refractivity contribution in [2.45, 2.75) is 38.5 Å². The van der Waals surface area contributed by atoms with E-state index >= 15 is 0 Å². The van der Waals surface area contributed by atoms with Gasteiger partial charge in [0, 0.05) is 18.7 Å².